The van der Waals surface area contributed by atoms with Gasteiger partial charge in [-0.15, -0.1) is 0 Å². The van der Waals surface area contributed by atoms with Crippen LogP contribution in [0.4, 0.5) is 4.39 Å². The van der Waals surface area contributed by atoms with Gasteiger partial charge in [0.15, 0.2) is 0 Å². The Labute approximate surface area is 93.5 Å². The number of carbonyl (C=O) groups excluding carboxylic acids is 1. The predicted octanol–water partition coefficient (Wildman–Crippen LogP) is 2.53. The molecule has 0 spiro atoms. The number of hydrogen-bond acceptors (Lipinski definition) is 3. The number of rotatable bonds is 5. The molecule has 0 aliphatic rings. The molecular weight excluding hydrogens is 211 g/mol. The Morgan fingerprint density at radius 1 is 1.31 bits per heavy atom. The molecule has 3 nitrogen and oxygen atoms in total. The molecule has 1 aromatic carbocycles. The topological polar surface area (TPSA) is 35.5 Å². The molecule has 16 heavy (non-hydrogen) atoms. The van der Waals surface area contributed by atoms with Crippen molar-refractivity contribution >= 4 is 11.7 Å². The normalized spacial score (nSPS) is 11.0. The first-order valence-electron chi connectivity index (χ1n) is 4.90. The summed E-state index contributed by atoms with van der Waals surface area (Å²) in [6.07, 6.45) is 1.14. The minimum Gasteiger partial charge on any atom is -0.463 e. The highest BCUT2D eigenvalue weighted by atomic mass is 19.1. The quantitative estimate of drug-likeness (QED) is 0.438. The fourth-order valence-corrected chi connectivity index (χ4v) is 1.16. The van der Waals surface area contributed by atoms with E-state index >= 15 is 0 Å². The van der Waals surface area contributed by atoms with Gasteiger partial charge in [0.1, 0.15) is 5.76 Å². The largest absolute Gasteiger partial charge is 0.463 e. The van der Waals surface area contributed by atoms with Gasteiger partial charge in [0, 0.05) is 5.56 Å². The molecule has 0 bridgehead atoms. The van der Waals surface area contributed by atoms with Crippen LogP contribution in [0.1, 0.15) is 12.5 Å². The smallest absolute Gasteiger partial charge is 0.334 e. The van der Waals surface area contributed by atoms with Crippen LogP contribution < -0.4 is 0 Å². The van der Waals surface area contributed by atoms with Crippen LogP contribution in [-0.2, 0) is 14.3 Å². The molecule has 0 saturated carbocycles. The van der Waals surface area contributed by atoms with Crippen molar-refractivity contribution in [2.45, 2.75) is 6.92 Å². The maximum absolute atomic E-state index is 12.1. The predicted molar refractivity (Wildman–Crippen MR) is 58.1 cm³/mol. The Morgan fingerprint density at radius 3 is 2.56 bits per heavy atom. The first-order valence-corrected chi connectivity index (χ1v) is 4.90. The number of esters is 1. The van der Waals surface area contributed by atoms with Crippen molar-refractivity contribution in [2.75, 3.05) is 13.5 Å². The van der Waals surface area contributed by atoms with Crippen LogP contribution in [0.2, 0.25) is 0 Å². The molecule has 4 heteroatoms. The standard InChI is InChI=1S/C12H13FO3/c1-2-15-12(14)8-11(16-9-13)10-6-4-3-5-7-10/h3-8H,2,9H2,1H3. The number of hydrogen-bond donors (Lipinski definition) is 0. The summed E-state index contributed by atoms with van der Waals surface area (Å²) < 4.78 is 21.6. The monoisotopic (exact) mass is 224 g/mol. The molecular formula is C12H13FO3. The highest BCUT2D eigenvalue weighted by molar-refractivity contribution is 5.89. The lowest BCUT2D eigenvalue weighted by atomic mass is 10.2. The Kier molecular flexibility index (Phi) is 5.05. The van der Waals surface area contributed by atoms with Crippen LogP contribution >= 0.6 is 0 Å². The summed E-state index contributed by atoms with van der Waals surface area (Å²) in [5, 5.41) is 0. The molecule has 0 aliphatic heterocycles. The molecule has 0 amide bonds. The van der Waals surface area contributed by atoms with E-state index < -0.39 is 12.8 Å². The second-order valence-corrected chi connectivity index (χ2v) is 2.88. The van der Waals surface area contributed by atoms with Gasteiger partial charge in [0.2, 0.25) is 6.86 Å². The van der Waals surface area contributed by atoms with Crippen molar-refractivity contribution in [1.29, 1.82) is 0 Å². The van der Waals surface area contributed by atoms with Crippen LogP contribution in [0, 0.1) is 0 Å². The fourth-order valence-electron chi connectivity index (χ4n) is 1.16. The molecule has 0 aliphatic carbocycles. The highest BCUT2D eigenvalue weighted by Gasteiger charge is 2.06. The maximum atomic E-state index is 12.1. The van der Waals surface area contributed by atoms with E-state index in [0.717, 1.165) is 6.08 Å². The van der Waals surface area contributed by atoms with Crippen LogP contribution in [0.5, 0.6) is 0 Å². The average molecular weight is 224 g/mol. The van der Waals surface area contributed by atoms with Crippen molar-refractivity contribution < 1.29 is 18.7 Å². The summed E-state index contributed by atoms with van der Waals surface area (Å²) >= 11 is 0. The Hall–Kier alpha value is -1.84. The molecule has 1 rings (SSSR count). The zero-order chi connectivity index (χ0) is 11.8. The Bertz CT molecular complexity index is 360. The third kappa shape index (κ3) is 3.73. The lowest BCUT2D eigenvalue weighted by Crippen LogP contribution is -2.02. The minimum atomic E-state index is -0.986. The van der Waals surface area contributed by atoms with E-state index in [2.05, 4.69) is 0 Å². The van der Waals surface area contributed by atoms with E-state index in [0.29, 0.717) is 5.56 Å². The fraction of sp³-hybridized carbons (Fsp3) is 0.250. The molecule has 0 heterocycles. The number of alkyl halides is 1. The Morgan fingerprint density at radius 2 is 2.00 bits per heavy atom. The van der Waals surface area contributed by atoms with E-state index in [1.807, 2.05) is 6.07 Å². The maximum Gasteiger partial charge on any atom is 0.334 e. The van der Waals surface area contributed by atoms with Crippen molar-refractivity contribution in [3.05, 3.63) is 42.0 Å². The first-order chi connectivity index (χ1) is 7.77. The third-order valence-electron chi connectivity index (χ3n) is 1.80. The van der Waals surface area contributed by atoms with Gasteiger partial charge in [0.25, 0.3) is 0 Å². The lowest BCUT2D eigenvalue weighted by Gasteiger charge is -2.06. The molecule has 1 aromatic rings. The van der Waals surface area contributed by atoms with Crippen LogP contribution in [0.15, 0.2) is 36.4 Å². The summed E-state index contributed by atoms with van der Waals surface area (Å²) in [5.41, 5.74) is 0.633. The molecule has 0 atom stereocenters. The van der Waals surface area contributed by atoms with Gasteiger partial charge in [-0.25, -0.2) is 9.18 Å². The number of carbonyl (C=O) groups is 1. The third-order valence-corrected chi connectivity index (χ3v) is 1.80. The van der Waals surface area contributed by atoms with Crippen molar-refractivity contribution in [3.63, 3.8) is 0 Å². The van der Waals surface area contributed by atoms with Gasteiger partial charge in [0.05, 0.1) is 12.7 Å². The first kappa shape index (κ1) is 12.2. The molecule has 0 fully saturated rings. The number of benzene rings is 1. The van der Waals surface area contributed by atoms with Crippen LogP contribution in [-0.4, -0.2) is 19.4 Å². The van der Waals surface area contributed by atoms with Gasteiger partial charge in [-0.1, -0.05) is 30.3 Å². The molecule has 86 valence electrons. The average Bonchev–Trinajstić information content (AvgIpc) is 2.30. The SMILES string of the molecule is CCOC(=O)C=C(OCF)c1ccccc1. The van der Waals surface area contributed by atoms with E-state index in [9.17, 15) is 9.18 Å². The van der Waals surface area contributed by atoms with E-state index in [1.165, 1.54) is 0 Å². The van der Waals surface area contributed by atoms with E-state index in [-0.39, 0.29) is 12.4 Å². The number of halogens is 1. The minimum absolute atomic E-state index is 0.168. The molecule has 0 aromatic heterocycles. The zero-order valence-corrected chi connectivity index (χ0v) is 8.98. The van der Waals surface area contributed by atoms with Gasteiger partial charge in [-0.2, -0.15) is 0 Å². The van der Waals surface area contributed by atoms with Gasteiger partial charge in [-0.3, -0.25) is 0 Å². The zero-order valence-electron chi connectivity index (χ0n) is 8.98. The lowest BCUT2D eigenvalue weighted by molar-refractivity contribution is -0.137. The molecule has 0 radical (unpaired) electrons. The van der Waals surface area contributed by atoms with Crippen LogP contribution in [0.3, 0.4) is 0 Å². The summed E-state index contributed by atoms with van der Waals surface area (Å²) in [5.74, 6) is -0.378. The van der Waals surface area contributed by atoms with E-state index in [4.69, 9.17) is 9.47 Å². The Balaban J connectivity index is 2.86. The van der Waals surface area contributed by atoms with Crippen molar-refractivity contribution in [2.24, 2.45) is 0 Å². The van der Waals surface area contributed by atoms with Crippen molar-refractivity contribution in [3.8, 4) is 0 Å². The summed E-state index contributed by atoms with van der Waals surface area (Å²) in [7, 11) is 0. The van der Waals surface area contributed by atoms with Gasteiger partial charge < -0.3 is 9.47 Å². The molecule has 0 unspecified atom stereocenters. The van der Waals surface area contributed by atoms with E-state index in [1.54, 1.807) is 31.2 Å². The van der Waals surface area contributed by atoms with Crippen molar-refractivity contribution in [1.82, 2.24) is 0 Å². The number of ether oxygens (including phenoxy) is 2. The second kappa shape index (κ2) is 6.61. The summed E-state index contributed by atoms with van der Waals surface area (Å²) in [6.45, 7) is 0.983. The van der Waals surface area contributed by atoms with Gasteiger partial charge >= 0.3 is 5.97 Å². The summed E-state index contributed by atoms with van der Waals surface area (Å²) in [6, 6.07) is 8.81. The van der Waals surface area contributed by atoms with Gasteiger partial charge in [-0.05, 0) is 6.92 Å². The second-order valence-electron chi connectivity index (χ2n) is 2.88. The summed E-state index contributed by atoms with van der Waals surface area (Å²) in [4.78, 5) is 11.2. The molecule has 0 saturated heterocycles. The molecule has 0 N–H and O–H groups in total. The van der Waals surface area contributed by atoms with Crippen LogP contribution in [0.25, 0.3) is 5.76 Å². The highest BCUT2D eigenvalue weighted by Crippen LogP contribution is 2.15.